The van der Waals surface area contributed by atoms with E-state index >= 15 is 0 Å². The highest BCUT2D eigenvalue weighted by Gasteiger charge is 2.06. The van der Waals surface area contributed by atoms with Gasteiger partial charge in [-0.25, -0.2) is 9.78 Å². The van der Waals surface area contributed by atoms with Crippen LogP contribution in [0.4, 0.5) is 0 Å². The molecule has 2 heterocycles. The molecule has 16 heavy (non-hydrogen) atoms. The Balaban J connectivity index is 2.46. The minimum absolute atomic E-state index is 0.281. The highest BCUT2D eigenvalue weighted by Crippen LogP contribution is 2.19. The molecule has 0 radical (unpaired) electrons. The molecule has 0 saturated heterocycles. The van der Waals surface area contributed by atoms with Gasteiger partial charge >= 0.3 is 5.97 Å². The molecule has 78 valence electrons. The molecule has 0 aliphatic heterocycles. The number of hydrogen-bond acceptors (Lipinski definition) is 2. The van der Waals surface area contributed by atoms with Gasteiger partial charge in [0.2, 0.25) is 0 Å². The molecule has 0 saturated carbocycles. The summed E-state index contributed by atoms with van der Waals surface area (Å²) in [6.45, 7) is 0. The van der Waals surface area contributed by atoms with Crippen molar-refractivity contribution < 1.29 is 9.90 Å². The van der Waals surface area contributed by atoms with Crippen molar-refractivity contribution in [2.24, 2.45) is 0 Å². The summed E-state index contributed by atoms with van der Waals surface area (Å²) in [5.74, 6) is -0.921. The lowest BCUT2D eigenvalue weighted by Gasteiger charge is -2.02. The van der Waals surface area contributed by atoms with Crippen LogP contribution in [0.2, 0.25) is 0 Å². The molecule has 4 heteroatoms. The van der Waals surface area contributed by atoms with Crippen LogP contribution < -0.4 is 0 Å². The van der Waals surface area contributed by atoms with Gasteiger partial charge in [-0.1, -0.05) is 0 Å². The van der Waals surface area contributed by atoms with Crippen LogP contribution in [0.3, 0.4) is 0 Å². The number of carbonyl (C=O) groups is 1. The van der Waals surface area contributed by atoms with Gasteiger partial charge in [0.15, 0.2) is 0 Å². The zero-order valence-corrected chi connectivity index (χ0v) is 8.29. The Morgan fingerprint density at radius 2 is 2.19 bits per heavy atom. The summed E-state index contributed by atoms with van der Waals surface area (Å²) in [6, 6.07) is 8.79. The van der Waals surface area contributed by atoms with Gasteiger partial charge in [0, 0.05) is 11.6 Å². The zero-order chi connectivity index (χ0) is 11.1. The standard InChI is InChI=1S/C12H8N2O2/c15-12(16)8-3-4-10-9(6-8)11-2-1-5-14(11)7-13-10/h1-7H,(H,15,16). The van der Waals surface area contributed by atoms with Crippen LogP contribution in [0, 0.1) is 0 Å². The molecule has 0 atom stereocenters. The van der Waals surface area contributed by atoms with E-state index in [0.717, 1.165) is 16.4 Å². The molecule has 4 nitrogen and oxygen atoms in total. The normalized spacial score (nSPS) is 11.0. The van der Waals surface area contributed by atoms with Crippen molar-refractivity contribution in [2.75, 3.05) is 0 Å². The molecule has 0 fully saturated rings. The Kier molecular flexibility index (Phi) is 1.71. The van der Waals surface area contributed by atoms with Gasteiger partial charge < -0.3 is 9.51 Å². The van der Waals surface area contributed by atoms with E-state index in [9.17, 15) is 4.79 Å². The summed E-state index contributed by atoms with van der Waals surface area (Å²) in [6.07, 6.45) is 3.60. The van der Waals surface area contributed by atoms with Crippen molar-refractivity contribution in [1.29, 1.82) is 0 Å². The fourth-order valence-electron chi connectivity index (χ4n) is 1.83. The fraction of sp³-hybridized carbons (Fsp3) is 0. The second kappa shape index (κ2) is 3.06. The Morgan fingerprint density at radius 3 is 3.00 bits per heavy atom. The Morgan fingerprint density at radius 1 is 1.31 bits per heavy atom. The molecule has 0 aliphatic carbocycles. The third-order valence-electron chi connectivity index (χ3n) is 2.62. The van der Waals surface area contributed by atoms with E-state index in [4.69, 9.17) is 5.11 Å². The third-order valence-corrected chi connectivity index (χ3v) is 2.62. The minimum atomic E-state index is -0.921. The first-order valence-corrected chi connectivity index (χ1v) is 4.84. The quantitative estimate of drug-likeness (QED) is 0.672. The SMILES string of the molecule is O=C(O)c1ccc2ncn3cccc3c2c1. The molecule has 1 aromatic carbocycles. The number of fused-ring (bicyclic) bond motifs is 3. The lowest BCUT2D eigenvalue weighted by molar-refractivity contribution is 0.0697. The van der Waals surface area contributed by atoms with Gasteiger partial charge in [0.1, 0.15) is 0 Å². The molecule has 3 rings (SSSR count). The van der Waals surface area contributed by atoms with Gasteiger partial charge in [-0.05, 0) is 30.3 Å². The number of hydrogen-bond donors (Lipinski definition) is 1. The maximum atomic E-state index is 10.9. The van der Waals surface area contributed by atoms with Crippen molar-refractivity contribution in [1.82, 2.24) is 9.38 Å². The van der Waals surface area contributed by atoms with E-state index in [0.29, 0.717) is 0 Å². The largest absolute Gasteiger partial charge is 0.478 e. The first-order chi connectivity index (χ1) is 7.75. The molecule has 0 unspecified atom stereocenters. The van der Waals surface area contributed by atoms with Crippen molar-refractivity contribution in [3.63, 3.8) is 0 Å². The molecule has 0 aliphatic rings. The summed E-state index contributed by atoms with van der Waals surface area (Å²) in [4.78, 5) is 15.1. The van der Waals surface area contributed by atoms with Crippen molar-refractivity contribution in [3.05, 3.63) is 48.4 Å². The van der Waals surface area contributed by atoms with Gasteiger partial charge in [0.05, 0.1) is 22.9 Å². The lowest BCUT2D eigenvalue weighted by Crippen LogP contribution is -1.96. The number of carboxylic acid groups (broad SMARTS) is 1. The van der Waals surface area contributed by atoms with Crippen LogP contribution in [0.1, 0.15) is 10.4 Å². The molecular weight excluding hydrogens is 204 g/mol. The highest BCUT2D eigenvalue weighted by molar-refractivity contribution is 5.99. The zero-order valence-electron chi connectivity index (χ0n) is 8.29. The van der Waals surface area contributed by atoms with Crippen LogP contribution in [0.5, 0.6) is 0 Å². The second-order valence-corrected chi connectivity index (χ2v) is 3.58. The lowest BCUT2D eigenvalue weighted by atomic mass is 10.1. The van der Waals surface area contributed by atoms with Crippen LogP contribution >= 0.6 is 0 Å². The van der Waals surface area contributed by atoms with E-state index < -0.39 is 5.97 Å². The Labute approximate surface area is 90.8 Å². The monoisotopic (exact) mass is 212 g/mol. The van der Waals surface area contributed by atoms with E-state index in [1.54, 1.807) is 24.5 Å². The van der Waals surface area contributed by atoms with Crippen LogP contribution in [0.15, 0.2) is 42.9 Å². The number of nitrogens with zero attached hydrogens (tertiary/aromatic N) is 2. The summed E-state index contributed by atoms with van der Waals surface area (Å²) in [5.41, 5.74) is 2.05. The first-order valence-electron chi connectivity index (χ1n) is 4.84. The minimum Gasteiger partial charge on any atom is -0.478 e. The molecule has 0 spiro atoms. The smallest absolute Gasteiger partial charge is 0.335 e. The summed E-state index contributed by atoms with van der Waals surface area (Å²) < 4.78 is 1.87. The fourth-order valence-corrected chi connectivity index (χ4v) is 1.83. The molecule has 0 bridgehead atoms. The molecule has 3 aromatic rings. The maximum Gasteiger partial charge on any atom is 0.335 e. The Bertz CT molecular complexity index is 700. The third kappa shape index (κ3) is 1.16. The molecule has 2 aromatic heterocycles. The number of aromatic carboxylic acids is 1. The molecule has 1 N–H and O–H groups in total. The van der Waals surface area contributed by atoms with E-state index in [1.165, 1.54) is 0 Å². The first kappa shape index (κ1) is 8.91. The van der Waals surface area contributed by atoms with E-state index in [-0.39, 0.29) is 5.56 Å². The van der Waals surface area contributed by atoms with Crippen molar-refractivity contribution in [3.8, 4) is 0 Å². The van der Waals surface area contributed by atoms with Gasteiger partial charge in [-0.2, -0.15) is 0 Å². The Hall–Kier alpha value is -2.36. The van der Waals surface area contributed by atoms with Crippen molar-refractivity contribution >= 4 is 22.4 Å². The maximum absolute atomic E-state index is 10.9. The summed E-state index contributed by atoms with van der Waals surface area (Å²) in [7, 11) is 0. The van der Waals surface area contributed by atoms with Gasteiger partial charge in [0.25, 0.3) is 0 Å². The predicted octanol–water partition coefficient (Wildman–Crippen LogP) is 2.19. The summed E-state index contributed by atoms with van der Waals surface area (Å²) >= 11 is 0. The van der Waals surface area contributed by atoms with Gasteiger partial charge in [-0.15, -0.1) is 0 Å². The van der Waals surface area contributed by atoms with Crippen LogP contribution in [0.25, 0.3) is 16.4 Å². The average molecular weight is 212 g/mol. The molecule has 0 amide bonds. The number of rotatable bonds is 1. The van der Waals surface area contributed by atoms with Crippen LogP contribution in [-0.2, 0) is 0 Å². The second-order valence-electron chi connectivity index (χ2n) is 3.58. The average Bonchev–Trinajstić information content (AvgIpc) is 2.76. The van der Waals surface area contributed by atoms with E-state index in [1.807, 2.05) is 22.7 Å². The topological polar surface area (TPSA) is 54.6 Å². The predicted molar refractivity (Wildman–Crippen MR) is 59.7 cm³/mol. The van der Waals surface area contributed by atoms with E-state index in [2.05, 4.69) is 4.98 Å². The highest BCUT2D eigenvalue weighted by atomic mass is 16.4. The number of aromatic nitrogens is 2. The van der Waals surface area contributed by atoms with Crippen LogP contribution in [-0.4, -0.2) is 20.5 Å². The number of benzene rings is 1. The van der Waals surface area contributed by atoms with Crippen molar-refractivity contribution in [2.45, 2.75) is 0 Å². The summed E-state index contributed by atoms with van der Waals surface area (Å²) in [5, 5.41) is 9.79. The molecular formula is C12H8N2O2. The number of carboxylic acids is 1. The van der Waals surface area contributed by atoms with Gasteiger partial charge in [-0.3, -0.25) is 0 Å².